The second-order valence-corrected chi connectivity index (χ2v) is 19.0. The Labute approximate surface area is 442 Å². The van der Waals surface area contributed by atoms with E-state index in [1.807, 2.05) is 100 Å². The zero-order valence-electron chi connectivity index (χ0n) is 52.2. The van der Waals surface area contributed by atoms with Gasteiger partial charge < -0.3 is 0 Å². The number of fused-ring (bicyclic) bond motifs is 7. The average molecular weight is 1110 g/mol. The van der Waals surface area contributed by atoms with Crippen molar-refractivity contribution in [3.8, 4) is 56.6 Å². The van der Waals surface area contributed by atoms with Crippen LogP contribution in [0.5, 0.6) is 11.5 Å². The van der Waals surface area contributed by atoms with Crippen LogP contribution in [0.1, 0.15) is 45.5 Å². The Bertz CT molecular complexity index is 4930. The van der Waals surface area contributed by atoms with Gasteiger partial charge in [-0.15, -0.1) is 0 Å². The Morgan fingerprint density at radius 2 is 1.10 bits per heavy atom. The number of ether oxygens (including phenoxy) is 1. The van der Waals surface area contributed by atoms with Crippen LogP contribution in [0.25, 0.3) is 99.8 Å². The number of imidazole rings is 1. The van der Waals surface area contributed by atoms with Gasteiger partial charge in [0.1, 0.15) is 0 Å². The molecule has 0 aliphatic heterocycles. The third-order valence-corrected chi connectivity index (χ3v) is 13.8. The second-order valence-electron chi connectivity index (χ2n) is 18.0. The molecular formula is C64H45N5OPt-2. The summed E-state index contributed by atoms with van der Waals surface area (Å²) in [6.07, 6.45) is 1.67. The topological polar surface area (TPSA) is 41.8 Å². The van der Waals surface area contributed by atoms with E-state index in [1.54, 1.807) is 51.7 Å². The summed E-state index contributed by atoms with van der Waals surface area (Å²) in [6.45, 7) is 6.21. The van der Waals surface area contributed by atoms with E-state index < -0.39 is 66.5 Å². The normalized spacial score (nSPS) is 14.7. The fraction of sp³-hybridized carbons (Fsp3) is 0.0625. The Hall–Kier alpha value is -8.31. The van der Waals surface area contributed by atoms with Crippen molar-refractivity contribution >= 4 is 54.6 Å². The summed E-state index contributed by atoms with van der Waals surface area (Å²) < 4.78 is 141. The van der Waals surface area contributed by atoms with Gasteiger partial charge in [0, 0.05) is 6.20 Å². The van der Waals surface area contributed by atoms with Crippen LogP contribution in [0.2, 0.25) is 0 Å². The van der Waals surface area contributed by atoms with Gasteiger partial charge in [-0.1, -0.05) is 32.9 Å². The molecule has 0 radical (unpaired) electrons. The van der Waals surface area contributed by atoms with Gasteiger partial charge >= 0.3 is 382 Å². The molecule has 344 valence electrons. The summed E-state index contributed by atoms with van der Waals surface area (Å²) in [6, 6.07) is 38.6. The molecule has 6 nitrogen and oxygen atoms in total. The van der Waals surface area contributed by atoms with E-state index in [0.29, 0.717) is 48.3 Å². The minimum atomic E-state index is -0.612. The van der Waals surface area contributed by atoms with Gasteiger partial charge in [0.05, 0.1) is 5.48 Å². The molecule has 0 aliphatic rings. The number of hydrogen-bond donors (Lipinski definition) is 0. The van der Waals surface area contributed by atoms with Crippen molar-refractivity contribution in [3.63, 3.8) is 0 Å². The number of pyridine rings is 1. The molecule has 0 N–H and O–H groups in total. The van der Waals surface area contributed by atoms with Crippen LogP contribution in [-0.2, 0) is 24.8 Å². The molecule has 0 aliphatic carbocycles. The van der Waals surface area contributed by atoms with Crippen LogP contribution in [0.4, 0.5) is 0 Å². The first-order chi connectivity index (χ1) is 40.6. The standard InChI is InChI=1S/C64H45N5O.Pt/c1-64(2,3)45-35-36-65-62(37-45)69-58-30-15-12-27-52(58)53-34-33-49(41-61(53)69)70-48-24-18-23-46(38-48)66-42-67(60-32-17-16-31-59(60)66)63-54(43-19-6-4-7-20-43)39-47(40-55(63)44-21-8-5-9-22-44)68-56-28-13-10-25-50(56)51-26-11-14-29-57(51)68;/h4-37,39-40H,1-3H3;/q-2;/i4D,5D,6D,7D,8D,9D,12D,15D,19D,20D,21D,22D,27D,30D;. The van der Waals surface area contributed by atoms with Gasteiger partial charge in [0.2, 0.25) is 0 Å². The molecule has 0 amide bonds. The first kappa shape index (κ1) is 30.3. The molecule has 4 aromatic heterocycles. The van der Waals surface area contributed by atoms with Crippen LogP contribution in [0.15, 0.2) is 218 Å². The second kappa shape index (κ2) is 17.0. The monoisotopic (exact) mass is 1110 g/mol. The molecule has 0 atom stereocenters. The van der Waals surface area contributed by atoms with Gasteiger partial charge in [-0.25, -0.2) is 0 Å². The number of nitrogens with zero attached hydrogens (tertiary/aromatic N) is 5. The molecule has 0 bridgehead atoms. The number of aromatic nitrogens is 5. The zero-order valence-corrected chi connectivity index (χ0v) is 40.4. The van der Waals surface area contributed by atoms with Crippen molar-refractivity contribution in [1.82, 2.24) is 23.3 Å². The molecule has 13 aromatic rings. The van der Waals surface area contributed by atoms with E-state index in [0.717, 1.165) is 27.4 Å². The maximum absolute atomic E-state index is 9.55. The number of rotatable bonds is 8. The summed E-state index contributed by atoms with van der Waals surface area (Å²) in [5.74, 6) is 0.889. The van der Waals surface area contributed by atoms with Gasteiger partial charge in [-0.2, -0.15) is 0 Å². The first-order valence-corrected chi connectivity index (χ1v) is 23.9. The van der Waals surface area contributed by atoms with Gasteiger partial charge in [0.15, 0.2) is 0 Å². The SMILES string of the molecule is [2H]c1c([2H])c([2H])c(-c2cc(-n3c4ccccc4c4ccccc43)cc(-c3c([2H])c([2H])c([2H])c([2H])c3[2H])c2-n2[c](=[Pt])n(-c3[c-]c(Oc4[c-]c5c(cc4)c4c([2H])c([2H])c([2H])c([2H])c4n5-c4cc(C(C)(C)C)ccn4)ccc3)c3ccccc32)c([2H])c1[2H]. The Morgan fingerprint density at radius 1 is 0.507 bits per heavy atom. The van der Waals surface area contributed by atoms with E-state index in [2.05, 4.69) is 52.3 Å². The predicted octanol–water partition coefficient (Wildman–Crippen LogP) is 16.1. The molecule has 9 aromatic carbocycles. The van der Waals surface area contributed by atoms with Crippen molar-refractivity contribution in [2.45, 2.75) is 26.2 Å². The van der Waals surface area contributed by atoms with Crippen LogP contribution in [-0.4, -0.2) is 23.3 Å². The molecule has 0 saturated carbocycles. The summed E-state index contributed by atoms with van der Waals surface area (Å²) in [5, 5.41) is 2.59. The summed E-state index contributed by atoms with van der Waals surface area (Å²) in [5.41, 5.74) is 4.75. The maximum atomic E-state index is 9.55. The molecule has 4 heterocycles. The van der Waals surface area contributed by atoms with E-state index in [-0.39, 0.29) is 68.5 Å². The van der Waals surface area contributed by atoms with Crippen molar-refractivity contribution in [2.24, 2.45) is 0 Å². The fourth-order valence-electron chi connectivity index (χ4n) is 9.56. The number of hydrogen-bond acceptors (Lipinski definition) is 2. The average Bonchev–Trinajstić information content (AvgIpc) is 1.95. The van der Waals surface area contributed by atoms with Crippen molar-refractivity contribution in [1.29, 1.82) is 0 Å². The molecule has 0 spiro atoms. The Kier molecular flexibility index (Phi) is 7.25. The third-order valence-electron chi connectivity index (χ3n) is 12.7. The van der Waals surface area contributed by atoms with Crippen LogP contribution < -0.4 is 4.74 Å². The quantitative estimate of drug-likeness (QED) is 0.142. The molecule has 13 rings (SSSR count). The van der Waals surface area contributed by atoms with Crippen LogP contribution in [0, 0.1) is 15.9 Å². The summed E-state index contributed by atoms with van der Waals surface area (Å²) in [7, 11) is 0. The van der Waals surface area contributed by atoms with E-state index in [1.165, 1.54) is 0 Å². The van der Waals surface area contributed by atoms with E-state index in [9.17, 15) is 5.48 Å². The molecule has 71 heavy (non-hydrogen) atoms. The molecule has 0 fully saturated rings. The minimum absolute atomic E-state index is 0.0992. The third kappa shape index (κ3) is 7.20. The Morgan fingerprint density at radius 3 is 1.76 bits per heavy atom. The fourth-order valence-corrected chi connectivity index (χ4v) is 10.6. The molecule has 0 saturated heterocycles. The van der Waals surface area contributed by atoms with Crippen molar-refractivity contribution < 1.29 is 43.3 Å². The zero-order chi connectivity index (χ0) is 60.0. The van der Waals surface area contributed by atoms with E-state index in [4.69, 9.17) is 23.4 Å². The molecule has 0 unspecified atom stereocenters. The predicted molar refractivity (Wildman–Crippen MR) is 286 cm³/mol. The van der Waals surface area contributed by atoms with Gasteiger partial charge in [-0.3, -0.25) is 0 Å². The summed E-state index contributed by atoms with van der Waals surface area (Å²) in [4.78, 5) is 4.71. The van der Waals surface area contributed by atoms with E-state index >= 15 is 0 Å². The number of benzene rings is 9. The molecule has 7 heteroatoms. The van der Waals surface area contributed by atoms with Gasteiger partial charge in [0.25, 0.3) is 0 Å². The van der Waals surface area contributed by atoms with Crippen LogP contribution in [0.3, 0.4) is 0 Å². The van der Waals surface area contributed by atoms with Crippen molar-refractivity contribution in [2.75, 3.05) is 0 Å². The first-order valence-electron chi connectivity index (χ1n) is 29.7. The summed E-state index contributed by atoms with van der Waals surface area (Å²) >= 11 is 2.13. The van der Waals surface area contributed by atoms with Crippen molar-refractivity contribution in [3.05, 3.63) is 240 Å². The van der Waals surface area contributed by atoms with Gasteiger partial charge in [-0.05, 0) is 17.0 Å². The Balaban J connectivity index is 1.07. The molecular weight excluding hydrogens is 1050 g/mol. The number of para-hydroxylation sites is 5. The van der Waals surface area contributed by atoms with Crippen LogP contribution >= 0.6 is 0 Å².